The number of rotatable bonds is 2. The van der Waals surface area contributed by atoms with E-state index in [1.807, 2.05) is 42.5 Å². The van der Waals surface area contributed by atoms with Crippen LogP contribution in [0.1, 0.15) is 10.4 Å². The normalized spacial score (nSPS) is 10.3. The van der Waals surface area contributed by atoms with Crippen LogP contribution in [0.15, 0.2) is 61.1 Å². The van der Waals surface area contributed by atoms with Crippen LogP contribution in [0, 0.1) is 0 Å². The average Bonchev–Trinajstić information content (AvgIpc) is 2.69. The van der Waals surface area contributed by atoms with Crippen molar-refractivity contribution in [1.82, 2.24) is 9.97 Å². The zero-order chi connectivity index (χ0) is 13.1. The summed E-state index contributed by atoms with van der Waals surface area (Å²) in [5.41, 5.74) is 2.59. The van der Waals surface area contributed by atoms with Gasteiger partial charge >= 0.3 is 0 Å². The molecule has 1 heterocycles. The SMILES string of the molecule is O=C(Nc1cnccn1)c1ccc2cccccc1-2. The van der Waals surface area contributed by atoms with E-state index in [0.29, 0.717) is 11.4 Å². The van der Waals surface area contributed by atoms with E-state index in [1.165, 1.54) is 6.20 Å². The summed E-state index contributed by atoms with van der Waals surface area (Å²) in [4.78, 5) is 20.2. The summed E-state index contributed by atoms with van der Waals surface area (Å²) in [5.74, 6) is 0.267. The summed E-state index contributed by atoms with van der Waals surface area (Å²) in [6.07, 6.45) is 4.62. The van der Waals surface area contributed by atoms with Gasteiger partial charge in [-0.05, 0) is 17.2 Å². The van der Waals surface area contributed by atoms with Gasteiger partial charge in [0.05, 0.1) is 6.20 Å². The van der Waals surface area contributed by atoms with Crippen LogP contribution in [-0.2, 0) is 0 Å². The fourth-order valence-corrected chi connectivity index (χ4v) is 1.96. The van der Waals surface area contributed by atoms with Gasteiger partial charge < -0.3 is 5.32 Å². The summed E-state index contributed by atoms with van der Waals surface area (Å²) in [5, 5.41) is 2.73. The van der Waals surface area contributed by atoms with Crippen LogP contribution in [0.2, 0.25) is 0 Å². The molecule has 0 spiro atoms. The minimum atomic E-state index is -0.179. The number of anilines is 1. The Kier molecular flexibility index (Phi) is 2.90. The standard InChI is InChI=1S/C15H11N3O/c19-15(18-14-10-16-8-9-17-14)13-7-6-11-4-2-1-3-5-12(11)13/h1-10H,(H,17,18,19). The van der Waals surface area contributed by atoms with E-state index in [0.717, 1.165) is 11.1 Å². The lowest BCUT2D eigenvalue weighted by molar-refractivity contribution is 0.102. The molecule has 0 saturated carbocycles. The van der Waals surface area contributed by atoms with E-state index >= 15 is 0 Å². The van der Waals surface area contributed by atoms with Gasteiger partial charge in [-0.2, -0.15) is 0 Å². The Morgan fingerprint density at radius 2 is 1.89 bits per heavy atom. The Hall–Kier alpha value is -2.75. The highest BCUT2D eigenvalue weighted by Gasteiger charge is 2.15. The van der Waals surface area contributed by atoms with Crippen molar-refractivity contribution in [3.8, 4) is 11.1 Å². The molecule has 0 aliphatic heterocycles. The number of hydrogen-bond donors (Lipinski definition) is 1. The van der Waals surface area contributed by atoms with Crippen LogP contribution in [-0.4, -0.2) is 15.9 Å². The van der Waals surface area contributed by atoms with E-state index in [1.54, 1.807) is 12.4 Å². The van der Waals surface area contributed by atoms with E-state index in [9.17, 15) is 4.79 Å². The average molecular weight is 249 g/mol. The van der Waals surface area contributed by atoms with Gasteiger partial charge in [-0.25, -0.2) is 4.98 Å². The maximum atomic E-state index is 12.2. The predicted octanol–water partition coefficient (Wildman–Crippen LogP) is 2.83. The highest BCUT2D eigenvalue weighted by Crippen LogP contribution is 2.27. The van der Waals surface area contributed by atoms with Gasteiger partial charge in [0, 0.05) is 18.0 Å². The Balaban J connectivity index is 1.92. The summed E-state index contributed by atoms with van der Waals surface area (Å²) < 4.78 is 0. The number of fused-ring (bicyclic) bond motifs is 1. The van der Waals surface area contributed by atoms with Gasteiger partial charge in [0.2, 0.25) is 0 Å². The van der Waals surface area contributed by atoms with Crippen molar-refractivity contribution >= 4 is 11.7 Å². The second kappa shape index (κ2) is 4.86. The molecule has 0 atom stereocenters. The molecular weight excluding hydrogens is 238 g/mol. The first kappa shape index (κ1) is 11.3. The molecule has 0 saturated heterocycles. The quantitative estimate of drug-likeness (QED) is 0.759. The van der Waals surface area contributed by atoms with Crippen LogP contribution < -0.4 is 5.32 Å². The summed E-state index contributed by atoms with van der Waals surface area (Å²) in [7, 11) is 0. The highest BCUT2D eigenvalue weighted by molar-refractivity contribution is 6.09. The van der Waals surface area contributed by atoms with Gasteiger partial charge in [-0.15, -0.1) is 0 Å². The van der Waals surface area contributed by atoms with Crippen molar-refractivity contribution in [2.24, 2.45) is 0 Å². The molecule has 0 bridgehead atoms. The van der Waals surface area contributed by atoms with E-state index in [2.05, 4.69) is 15.3 Å². The van der Waals surface area contributed by atoms with E-state index < -0.39 is 0 Å². The fourth-order valence-electron chi connectivity index (χ4n) is 1.96. The summed E-state index contributed by atoms with van der Waals surface area (Å²) in [6, 6.07) is 13.5. The first-order valence-corrected chi connectivity index (χ1v) is 5.90. The molecular formula is C15H11N3O. The van der Waals surface area contributed by atoms with Crippen LogP contribution in [0.4, 0.5) is 5.82 Å². The summed E-state index contributed by atoms with van der Waals surface area (Å²) >= 11 is 0. The number of amides is 1. The zero-order valence-corrected chi connectivity index (χ0v) is 10.1. The van der Waals surface area contributed by atoms with E-state index in [4.69, 9.17) is 0 Å². The molecule has 2 aliphatic rings. The molecule has 0 unspecified atom stereocenters. The van der Waals surface area contributed by atoms with Crippen LogP contribution >= 0.6 is 0 Å². The molecule has 1 amide bonds. The topological polar surface area (TPSA) is 54.9 Å². The fraction of sp³-hybridized carbons (Fsp3) is 0. The second-order valence-corrected chi connectivity index (χ2v) is 4.07. The Labute approximate surface area is 110 Å². The molecule has 0 fully saturated rings. The lowest BCUT2D eigenvalue weighted by atomic mass is 10.1. The number of nitrogens with one attached hydrogen (secondary N) is 1. The van der Waals surface area contributed by atoms with Crippen molar-refractivity contribution in [2.75, 3.05) is 5.32 Å². The Bertz CT molecular complexity index is 682. The van der Waals surface area contributed by atoms with Crippen molar-refractivity contribution in [2.45, 2.75) is 0 Å². The number of carbonyl (C=O) groups excluding carboxylic acids is 1. The molecule has 1 aromatic rings. The third-order valence-corrected chi connectivity index (χ3v) is 2.84. The number of nitrogens with zero attached hydrogens (tertiary/aromatic N) is 2. The summed E-state index contributed by atoms with van der Waals surface area (Å²) in [6.45, 7) is 0. The minimum Gasteiger partial charge on any atom is -0.305 e. The molecule has 19 heavy (non-hydrogen) atoms. The third-order valence-electron chi connectivity index (χ3n) is 2.84. The molecule has 1 aromatic heterocycles. The second-order valence-electron chi connectivity index (χ2n) is 4.07. The van der Waals surface area contributed by atoms with Crippen molar-refractivity contribution in [3.05, 3.63) is 66.6 Å². The lowest BCUT2D eigenvalue weighted by Gasteiger charge is -2.03. The maximum Gasteiger partial charge on any atom is 0.257 e. The smallest absolute Gasteiger partial charge is 0.257 e. The van der Waals surface area contributed by atoms with Gasteiger partial charge in [-0.1, -0.05) is 36.4 Å². The molecule has 3 rings (SSSR count). The minimum absolute atomic E-state index is 0.179. The van der Waals surface area contributed by atoms with Crippen LogP contribution in [0.25, 0.3) is 11.1 Å². The van der Waals surface area contributed by atoms with Gasteiger partial charge in [0.1, 0.15) is 0 Å². The first-order valence-electron chi connectivity index (χ1n) is 5.90. The van der Waals surface area contributed by atoms with Gasteiger partial charge in [0.25, 0.3) is 5.91 Å². The molecule has 92 valence electrons. The largest absolute Gasteiger partial charge is 0.305 e. The molecule has 0 aromatic carbocycles. The van der Waals surface area contributed by atoms with Gasteiger partial charge in [0.15, 0.2) is 5.82 Å². The Morgan fingerprint density at radius 1 is 1.00 bits per heavy atom. The molecule has 2 aliphatic carbocycles. The number of hydrogen-bond acceptors (Lipinski definition) is 3. The first-order chi connectivity index (χ1) is 9.34. The third kappa shape index (κ3) is 2.28. The Morgan fingerprint density at radius 3 is 2.74 bits per heavy atom. The highest BCUT2D eigenvalue weighted by atomic mass is 16.1. The molecule has 4 nitrogen and oxygen atoms in total. The molecule has 1 N–H and O–H groups in total. The van der Waals surface area contributed by atoms with E-state index in [-0.39, 0.29) is 5.91 Å². The molecule has 0 radical (unpaired) electrons. The maximum absolute atomic E-state index is 12.2. The van der Waals surface area contributed by atoms with Crippen LogP contribution in [0.3, 0.4) is 0 Å². The molecule has 4 heteroatoms. The lowest BCUT2D eigenvalue weighted by Crippen LogP contribution is -2.12. The predicted molar refractivity (Wildman–Crippen MR) is 73.0 cm³/mol. The van der Waals surface area contributed by atoms with Crippen molar-refractivity contribution in [1.29, 1.82) is 0 Å². The monoisotopic (exact) mass is 249 g/mol. The van der Waals surface area contributed by atoms with Gasteiger partial charge in [-0.3, -0.25) is 9.78 Å². The van der Waals surface area contributed by atoms with Crippen LogP contribution in [0.5, 0.6) is 0 Å². The number of carbonyl (C=O) groups is 1. The van der Waals surface area contributed by atoms with Crippen molar-refractivity contribution in [3.63, 3.8) is 0 Å². The van der Waals surface area contributed by atoms with Crippen molar-refractivity contribution < 1.29 is 4.79 Å². The number of aromatic nitrogens is 2. The zero-order valence-electron chi connectivity index (χ0n) is 10.1.